The molecule has 0 radical (unpaired) electrons. The number of carbonyl (C=O) groups excluding carboxylic acids is 1. The van der Waals surface area contributed by atoms with Crippen LogP contribution in [0.3, 0.4) is 0 Å². The van der Waals surface area contributed by atoms with Crippen molar-refractivity contribution < 1.29 is 4.79 Å². The third-order valence-corrected chi connectivity index (χ3v) is 5.24. The Morgan fingerprint density at radius 2 is 1.92 bits per heavy atom. The highest BCUT2D eigenvalue weighted by molar-refractivity contribution is 5.96. The summed E-state index contributed by atoms with van der Waals surface area (Å²) >= 11 is 0. The van der Waals surface area contributed by atoms with Gasteiger partial charge in [-0.05, 0) is 24.5 Å². The lowest BCUT2D eigenvalue weighted by molar-refractivity contribution is 0.0691. The molecule has 0 N–H and O–H groups in total. The number of rotatable bonds is 2. The van der Waals surface area contributed by atoms with E-state index in [1.165, 1.54) is 0 Å². The number of aryl methyl sites for hydroxylation is 1. The van der Waals surface area contributed by atoms with Gasteiger partial charge < -0.3 is 9.47 Å². The Bertz CT molecular complexity index is 994. The fourth-order valence-electron chi connectivity index (χ4n) is 3.63. The normalized spacial score (nSPS) is 16.4. The maximum absolute atomic E-state index is 12.9. The van der Waals surface area contributed by atoms with Crippen molar-refractivity contribution in [1.82, 2.24) is 19.4 Å². The lowest BCUT2D eigenvalue weighted by Gasteiger charge is -2.37. The Kier molecular flexibility index (Phi) is 3.92. The van der Waals surface area contributed by atoms with Crippen LogP contribution in [0.4, 0.5) is 0 Å². The van der Waals surface area contributed by atoms with Crippen molar-refractivity contribution in [3.05, 3.63) is 60.0 Å². The summed E-state index contributed by atoms with van der Waals surface area (Å²) in [6.07, 6.45) is 4.57. The van der Waals surface area contributed by atoms with Gasteiger partial charge in [0, 0.05) is 26.3 Å². The van der Waals surface area contributed by atoms with Gasteiger partial charge in [0.05, 0.1) is 23.4 Å². The standard InChI is InChI=1S/C20H19N5O/c1-24-14-23-17-11-15(12-22-18(17)24)19(26)25-9-7-20(13-21,8-10-25)16-5-3-2-4-6-16/h2-6,11-12,14H,7-10H2,1H3. The summed E-state index contributed by atoms with van der Waals surface area (Å²) in [4.78, 5) is 23.3. The highest BCUT2D eigenvalue weighted by Gasteiger charge is 2.37. The molecule has 6 heteroatoms. The summed E-state index contributed by atoms with van der Waals surface area (Å²) in [6, 6.07) is 14.2. The van der Waals surface area contributed by atoms with Crippen LogP contribution in [-0.2, 0) is 12.5 Å². The van der Waals surface area contributed by atoms with Crippen molar-refractivity contribution in [1.29, 1.82) is 5.26 Å². The molecule has 4 rings (SSSR count). The number of nitrogens with zero attached hydrogens (tertiary/aromatic N) is 5. The summed E-state index contributed by atoms with van der Waals surface area (Å²) in [5.74, 6) is -0.0512. The molecule has 1 fully saturated rings. The molecule has 0 bridgehead atoms. The van der Waals surface area contributed by atoms with Crippen LogP contribution < -0.4 is 0 Å². The Morgan fingerprint density at radius 3 is 2.62 bits per heavy atom. The maximum Gasteiger partial charge on any atom is 0.255 e. The summed E-state index contributed by atoms with van der Waals surface area (Å²) in [6.45, 7) is 1.11. The fraction of sp³-hybridized carbons (Fsp3) is 0.300. The Labute approximate surface area is 151 Å². The number of amides is 1. The van der Waals surface area contributed by atoms with Gasteiger partial charge in [-0.1, -0.05) is 30.3 Å². The molecule has 1 aliphatic rings. The van der Waals surface area contributed by atoms with Gasteiger partial charge in [-0.15, -0.1) is 0 Å². The van der Waals surface area contributed by atoms with Gasteiger partial charge in [0.25, 0.3) is 5.91 Å². The smallest absolute Gasteiger partial charge is 0.255 e. The predicted molar refractivity (Wildman–Crippen MR) is 97.4 cm³/mol. The van der Waals surface area contributed by atoms with E-state index >= 15 is 0 Å². The van der Waals surface area contributed by atoms with Crippen LogP contribution in [0.1, 0.15) is 28.8 Å². The minimum atomic E-state index is -0.513. The largest absolute Gasteiger partial charge is 0.338 e. The van der Waals surface area contributed by atoms with Gasteiger partial charge in [-0.3, -0.25) is 4.79 Å². The number of likely N-dealkylation sites (tertiary alicyclic amines) is 1. The summed E-state index contributed by atoms with van der Waals surface area (Å²) in [5, 5.41) is 9.78. The molecule has 1 aliphatic heterocycles. The summed E-state index contributed by atoms with van der Waals surface area (Å²) < 4.78 is 1.83. The number of fused-ring (bicyclic) bond motifs is 1. The van der Waals surface area contributed by atoms with E-state index in [0.717, 1.165) is 11.2 Å². The van der Waals surface area contributed by atoms with Gasteiger partial charge >= 0.3 is 0 Å². The van der Waals surface area contributed by atoms with Crippen LogP contribution in [0.2, 0.25) is 0 Å². The first-order valence-electron chi connectivity index (χ1n) is 8.66. The van der Waals surface area contributed by atoms with Gasteiger partial charge in [-0.2, -0.15) is 5.26 Å². The van der Waals surface area contributed by atoms with Gasteiger partial charge in [-0.25, -0.2) is 9.97 Å². The van der Waals surface area contributed by atoms with Crippen molar-refractivity contribution in [2.24, 2.45) is 7.05 Å². The molecule has 0 spiro atoms. The second-order valence-corrected chi connectivity index (χ2v) is 6.77. The van der Waals surface area contributed by atoms with Crippen molar-refractivity contribution in [3.63, 3.8) is 0 Å². The average molecular weight is 345 g/mol. The molecule has 0 unspecified atom stereocenters. The van der Waals surface area contributed by atoms with E-state index in [1.807, 2.05) is 46.8 Å². The topological polar surface area (TPSA) is 74.8 Å². The summed E-state index contributed by atoms with van der Waals surface area (Å²) in [5.41, 5.74) is 2.53. The average Bonchev–Trinajstić information content (AvgIpc) is 3.08. The highest BCUT2D eigenvalue weighted by atomic mass is 16.2. The Morgan fingerprint density at radius 1 is 1.19 bits per heavy atom. The van der Waals surface area contributed by atoms with Crippen LogP contribution in [0.15, 0.2) is 48.9 Å². The van der Waals surface area contributed by atoms with E-state index in [4.69, 9.17) is 0 Å². The molecule has 3 heterocycles. The number of nitriles is 1. The van der Waals surface area contributed by atoms with E-state index in [1.54, 1.807) is 18.6 Å². The van der Waals surface area contributed by atoms with E-state index in [2.05, 4.69) is 16.0 Å². The lowest BCUT2D eigenvalue weighted by Crippen LogP contribution is -2.44. The third-order valence-electron chi connectivity index (χ3n) is 5.24. The van der Waals surface area contributed by atoms with Crippen LogP contribution in [0.5, 0.6) is 0 Å². The van der Waals surface area contributed by atoms with Crippen molar-refractivity contribution >= 4 is 17.1 Å². The van der Waals surface area contributed by atoms with Crippen molar-refractivity contribution in [2.75, 3.05) is 13.1 Å². The summed E-state index contributed by atoms with van der Waals surface area (Å²) in [7, 11) is 1.87. The Balaban J connectivity index is 1.53. The van der Waals surface area contributed by atoms with Crippen LogP contribution in [-0.4, -0.2) is 38.4 Å². The molecule has 1 saturated heterocycles. The lowest BCUT2D eigenvalue weighted by atomic mass is 9.74. The quantitative estimate of drug-likeness (QED) is 0.716. The molecule has 0 aliphatic carbocycles. The first-order valence-corrected chi connectivity index (χ1v) is 8.66. The molecule has 0 atom stereocenters. The molecule has 0 saturated carbocycles. The molecule has 130 valence electrons. The molecular weight excluding hydrogens is 326 g/mol. The zero-order valence-electron chi connectivity index (χ0n) is 14.6. The molecule has 6 nitrogen and oxygen atoms in total. The number of aromatic nitrogens is 3. The number of benzene rings is 1. The predicted octanol–water partition coefficient (Wildman–Crippen LogP) is 2.67. The molecule has 3 aromatic rings. The second kappa shape index (κ2) is 6.26. The number of hydrogen-bond acceptors (Lipinski definition) is 4. The molecule has 26 heavy (non-hydrogen) atoms. The molecule has 2 aromatic heterocycles. The monoisotopic (exact) mass is 345 g/mol. The number of carbonyl (C=O) groups is 1. The number of pyridine rings is 1. The van der Waals surface area contributed by atoms with Crippen LogP contribution >= 0.6 is 0 Å². The minimum absolute atomic E-state index is 0.0512. The zero-order chi connectivity index (χ0) is 18.1. The zero-order valence-corrected chi connectivity index (χ0v) is 14.6. The second-order valence-electron chi connectivity index (χ2n) is 6.77. The number of piperidine rings is 1. The van der Waals surface area contributed by atoms with Crippen LogP contribution in [0.25, 0.3) is 11.2 Å². The maximum atomic E-state index is 12.9. The number of hydrogen-bond donors (Lipinski definition) is 0. The van der Waals surface area contributed by atoms with Gasteiger partial charge in [0.1, 0.15) is 5.52 Å². The first kappa shape index (κ1) is 16.3. The van der Waals surface area contributed by atoms with Gasteiger partial charge in [0.15, 0.2) is 5.65 Å². The van der Waals surface area contributed by atoms with Crippen molar-refractivity contribution in [3.8, 4) is 6.07 Å². The van der Waals surface area contributed by atoms with E-state index in [9.17, 15) is 10.1 Å². The van der Waals surface area contributed by atoms with Crippen LogP contribution in [0, 0.1) is 11.3 Å². The van der Waals surface area contributed by atoms with E-state index in [-0.39, 0.29) is 5.91 Å². The van der Waals surface area contributed by atoms with E-state index in [0.29, 0.717) is 37.0 Å². The fourth-order valence-corrected chi connectivity index (χ4v) is 3.63. The Hall–Kier alpha value is -3.20. The number of imidazole rings is 1. The van der Waals surface area contributed by atoms with Gasteiger partial charge in [0.2, 0.25) is 0 Å². The highest BCUT2D eigenvalue weighted by Crippen LogP contribution is 2.35. The third kappa shape index (κ3) is 2.62. The van der Waals surface area contributed by atoms with E-state index < -0.39 is 5.41 Å². The van der Waals surface area contributed by atoms with Crippen molar-refractivity contribution in [2.45, 2.75) is 18.3 Å². The minimum Gasteiger partial charge on any atom is -0.338 e. The molecule has 1 aromatic carbocycles. The SMILES string of the molecule is Cn1cnc2cc(C(=O)N3CCC(C#N)(c4ccccc4)CC3)cnc21. The molecular formula is C20H19N5O. The first-order chi connectivity index (χ1) is 12.6. The molecule has 1 amide bonds.